The highest BCUT2D eigenvalue weighted by Crippen LogP contribution is 2.18. The Morgan fingerprint density at radius 2 is 1.80 bits per heavy atom. The smallest absolute Gasteiger partial charge is 0.0477 e. The molecule has 0 aliphatic rings. The van der Waals surface area contributed by atoms with Crippen molar-refractivity contribution in [2.24, 2.45) is 0 Å². The predicted octanol–water partition coefficient (Wildman–Crippen LogP) is 3.96. The monoisotopic (exact) mass is 270 g/mol. The minimum absolute atomic E-state index is 0.970. The average Bonchev–Trinajstić information content (AvgIpc) is 2.69. The van der Waals surface area contributed by atoms with Crippen molar-refractivity contribution in [2.75, 3.05) is 6.54 Å². The maximum Gasteiger partial charge on any atom is 0.0477 e. The topological polar surface area (TPSA) is 17.0 Å². The first-order valence-electron chi connectivity index (χ1n) is 7.54. The summed E-state index contributed by atoms with van der Waals surface area (Å²) in [4.78, 5) is 0. The van der Waals surface area contributed by atoms with Gasteiger partial charge in [0.25, 0.3) is 0 Å². The van der Waals surface area contributed by atoms with Crippen molar-refractivity contribution in [3.8, 4) is 0 Å². The third-order valence-corrected chi connectivity index (χ3v) is 4.01. The van der Waals surface area contributed by atoms with Crippen molar-refractivity contribution in [3.05, 3.63) is 58.4 Å². The van der Waals surface area contributed by atoms with E-state index in [9.17, 15) is 0 Å². The summed E-state index contributed by atoms with van der Waals surface area (Å²) in [5, 5.41) is 3.49. The summed E-state index contributed by atoms with van der Waals surface area (Å²) in [5.41, 5.74) is 6.92. The molecule has 108 valence electrons. The van der Waals surface area contributed by atoms with Gasteiger partial charge in [-0.1, -0.05) is 31.2 Å². The van der Waals surface area contributed by atoms with Gasteiger partial charge in [-0.3, -0.25) is 0 Å². The molecule has 0 unspecified atom stereocenters. The molecule has 0 fully saturated rings. The van der Waals surface area contributed by atoms with E-state index in [1.165, 1.54) is 34.5 Å². The molecule has 20 heavy (non-hydrogen) atoms. The lowest BCUT2D eigenvalue weighted by Crippen LogP contribution is -2.14. The summed E-state index contributed by atoms with van der Waals surface area (Å²) >= 11 is 0. The second-order valence-electron chi connectivity index (χ2n) is 5.59. The Labute approximate surface area is 122 Å². The zero-order valence-corrected chi connectivity index (χ0v) is 13.2. The molecule has 1 heterocycles. The van der Waals surface area contributed by atoms with Gasteiger partial charge < -0.3 is 9.88 Å². The second kappa shape index (κ2) is 6.76. The summed E-state index contributed by atoms with van der Waals surface area (Å²) in [7, 11) is 0. The SMILES string of the molecule is CCCNCc1cc(C)n(Cc2ccccc2C)c1C. The lowest BCUT2D eigenvalue weighted by atomic mass is 10.1. The van der Waals surface area contributed by atoms with E-state index in [1.807, 2.05) is 0 Å². The van der Waals surface area contributed by atoms with E-state index >= 15 is 0 Å². The molecular formula is C18H26N2. The van der Waals surface area contributed by atoms with Crippen LogP contribution in [0.4, 0.5) is 0 Å². The molecule has 1 aromatic heterocycles. The Morgan fingerprint density at radius 1 is 1.05 bits per heavy atom. The van der Waals surface area contributed by atoms with Gasteiger partial charge >= 0.3 is 0 Å². The van der Waals surface area contributed by atoms with Crippen molar-refractivity contribution in [1.29, 1.82) is 0 Å². The van der Waals surface area contributed by atoms with Crippen LogP contribution >= 0.6 is 0 Å². The molecule has 0 radical (unpaired) electrons. The van der Waals surface area contributed by atoms with Crippen molar-refractivity contribution in [1.82, 2.24) is 9.88 Å². The highest BCUT2D eigenvalue weighted by Gasteiger charge is 2.09. The Kier molecular flexibility index (Phi) is 5.02. The molecule has 0 atom stereocenters. The maximum absolute atomic E-state index is 3.49. The van der Waals surface area contributed by atoms with Crippen LogP contribution in [0.5, 0.6) is 0 Å². The molecule has 1 aromatic carbocycles. The van der Waals surface area contributed by atoms with Gasteiger partial charge in [0, 0.05) is 24.5 Å². The summed E-state index contributed by atoms with van der Waals surface area (Å²) in [6.45, 7) is 11.9. The summed E-state index contributed by atoms with van der Waals surface area (Å²) in [5.74, 6) is 0. The second-order valence-corrected chi connectivity index (χ2v) is 5.59. The Hall–Kier alpha value is -1.54. The average molecular weight is 270 g/mol. The van der Waals surface area contributed by atoms with Crippen LogP contribution in [0.3, 0.4) is 0 Å². The molecule has 0 aliphatic heterocycles. The van der Waals surface area contributed by atoms with Gasteiger partial charge in [0.1, 0.15) is 0 Å². The molecule has 2 rings (SSSR count). The number of hydrogen-bond donors (Lipinski definition) is 1. The zero-order chi connectivity index (χ0) is 14.5. The highest BCUT2D eigenvalue weighted by molar-refractivity contribution is 5.31. The molecule has 2 heteroatoms. The first-order chi connectivity index (χ1) is 9.63. The molecule has 0 saturated carbocycles. The minimum Gasteiger partial charge on any atom is -0.344 e. The van der Waals surface area contributed by atoms with E-state index in [0.717, 1.165) is 19.6 Å². The number of aryl methyl sites for hydroxylation is 2. The maximum atomic E-state index is 3.49. The van der Waals surface area contributed by atoms with Gasteiger partial charge in [0.05, 0.1) is 0 Å². The fraction of sp³-hybridized carbons (Fsp3) is 0.444. The van der Waals surface area contributed by atoms with E-state index < -0.39 is 0 Å². The number of rotatable bonds is 6. The summed E-state index contributed by atoms with van der Waals surface area (Å²) < 4.78 is 2.42. The molecule has 0 amide bonds. The molecule has 2 aromatic rings. The largest absolute Gasteiger partial charge is 0.344 e. The fourth-order valence-electron chi connectivity index (χ4n) is 2.65. The normalized spacial score (nSPS) is 11.0. The third kappa shape index (κ3) is 3.31. The molecule has 0 bridgehead atoms. The van der Waals surface area contributed by atoms with Gasteiger partial charge in [-0.05, 0) is 56.5 Å². The summed E-state index contributed by atoms with van der Waals surface area (Å²) in [6, 6.07) is 11.0. The van der Waals surface area contributed by atoms with Gasteiger partial charge in [-0.2, -0.15) is 0 Å². The lowest BCUT2D eigenvalue weighted by Gasteiger charge is -2.12. The molecule has 1 N–H and O–H groups in total. The van der Waals surface area contributed by atoms with Crippen LogP contribution < -0.4 is 5.32 Å². The summed E-state index contributed by atoms with van der Waals surface area (Å²) in [6.07, 6.45) is 1.18. The standard InChI is InChI=1S/C18H26N2/c1-5-10-19-12-18-11-15(3)20(16(18)4)13-17-9-7-6-8-14(17)2/h6-9,11,19H,5,10,12-13H2,1-4H3. The minimum atomic E-state index is 0.970. The van der Waals surface area contributed by atoms with E-state index in [2.05, 4.69) is 67.9 Å². The van der Waals surface area contributed by atoms with Crippen LogP contribution in [0.25, 0.3) is 0 Å². The van der Waals surface area contributed by atoms with Crippen LogP contribution in [0.1, 0.15) is 41.4 Å². The van der Waals surface area contributed by atoms with Crippen molar-refractivity contribution in [3.63, 3.8) is 0 Å². The van der Waals surface area contributed by atoms with Gasteiger partial charge in [0.15, 0.2) is 0 Å². The predicted molar refractivity (Wildman–Crippen MR) is 86.2 cm³/mol. The van der Waals surface area contributed by atoms with Crippen LogP contribution in [0.2, 0.25) is 0 Å². The third-order valence-electron chi connectivity index (χ3n) is 4.01. The van der Waals surface area contributed by atoms with Gasteiger partial charge in [0.2, 0.25) is 0 Å². The number of aromatic nitrogens is 1. The van der Waals surface area contributed by atoms with Gasteiger partial charge in [-0.15, -0.1) is 0 Å². The lowest BCUT2D eigenvalue weighted by molar-refractivity contribution is 0.667. The van der Waals surface area contributed by atoms with Crippen LogP contribution in [0.15, 0.2) is 30.3 Å². The van der Waals surface area contributed by atoms with Crippen molar-refractivity contribution >= 4 is 0 Å². The van der Waals surface area contributed by atoms with E-state index in [4.69, 9.17) is 0 Å². The highest BCUT2D eigenvalue weighted by atomic mass is 15.0. The van der Waals surface area contributed by atoms with E-state index in [-0.39, 0.29) is 0 Å². The molecule has 0 aliphatic carbocycles. The van der Waals surface area contributed by atoms with E-state index in [1.54, 1.807) is 0 Å². The molecular weight excluding hydrogens is 244 g/mol. The van der Waals surface area contributed by atoms with Gasteiger partial charge in [-0.25, -0.2) is 0 Å². The van der Waals surface area contributed by atoms with Crippen molar-refractivity contribution in [2.45, 2.75) is 47.2 Å². The Morgan fingerprint density at radius 3 is 2.50 bits per heavy atom. The molecule has 0 spiro atoms. The number of nitrogens with one attached hydrogen (secondary N) is 1. The van der Waals surface area contributed by atoms with Crippen LogP contribution in [-0.4, -0.2) is 11.1 Å². The quantitative estimate of drug-likeness (QED) is 0.786. The Bertz CT molecular complexity index is 567. The molecule has 0 saturated heterocycles. The number of hydrogen-bond acceptors (Lipinski definition) is 1. The zero-order valence-electron chi connectivity index (χ0n) is 13.2. The first-order valence-corrected chi connectivity index (χ1v) is 7.54. The fourth-order valence-corrected chi connectivity index (χ4v) is 2.65. The molecule has 2 nitrogen and oxygen atoms in total. The van der Waals surface area contributed by atoms with Crippen LogP contribution in [0, 0.1) is 20.8 Å². The van der Waals surface area contributed by atoms with Crippen LogP contribution in [-0.2, 0) is 13.1 Å². The number of benzene rings is 1. The first kappa shape index (κ1) is 14.9. The number of nitrogens with zero attached hydrogens (tertiary/aromatic N) is 1. The Balaban J connectivity index is 2.18. The van der Waals surface area contributed by atoms with Crippen molar-refractivity contribution < 1.29 is 0 Å². The van der Waals surface area contributed by atoms with E-state index in [0.29, 0.717) is 0 Å².